The van der Waals surface area contributed by atoms with Crippen LogP contribution in [0.15, 0.2) is 18.2 Å². The normalized spacial score (nSPS) is 19.6. The van der Waals surface area contributed by atoms with Gasteiger partial charge in [0.15, 0.2) is 0 Å². The van der Waals surface area contributed by atoms with E-state index in [1.807, 2.05) is 18.2 Å². The highest BCUT2D eigenvalue weighted by Crippen LogP contribution is 2.27. The molecule has 4 nitrogen and oxygen atoms in total. The maximum Gasteiger partial charge on any atom is 0.303 e. The highest BCUT2D eigenvalue weighted by Gasteiger charge is 2.24. The van der Waals surface area contributed by atoms with Gasteiger partial charge in [-0.15, -0.1) is 0 Å². The van der Waals surface area contributed by atoms with Gasteiger partial charge in [0, 0.05) is 19.5 Å². The summed E-state index contributed by atoms with van der Waals surface area (Å²) in [6.45, 7) is 2.59. The number of benzene rings is 1. The van der Waals surface area contributed by atoms with Crippen LogP contribution in [0.1, 0.15) is 18.4 Å². The molecule has 0 amide bonds. The molecule has 1 saturated heterocycles. The van der Waals surface area contributed by atoms with E-state index in [1.54, 1.807) is 7.11 Å². The molecule has 1 aromatic rings. The van der Waals surface area contributed by atoms with Crippen LogP contribution in [-0.2, 0) is 11.3 Å². The second kappa shape index (κ2) is 6.26. The van der Waals surface area contributed by atoms with Gasteiger partial charge in [0.05, 0.1) is 12.1 Å². The summed E-state index contributed by atoms with van der Waals surface area (Å²) in [5, 5.41) is 9.41. The molecule has 5 heteroatoms. The van der Waals surface area contributed by atoms with E-state index >= 15 is 0 Å². The summed E-state index contributed by atoms with van der Waals surface area (Å²) in [5.74, 6) is 0.237. The number of ether oxygens (including phenoxy) is 1. The number of hydrogen-bond acceptors (Lipinski definition) is 3. The van der Waals surface area contributed by atoms with E-state index in [1.165, 1.54) is 0 Å². The van der Waals surface area contributed by atoms with Gasteiger partial charge in [0.25, 0.3) is 0 Å². The highest BCUT2D eigenvalue weighted by molar-refractivity contribution is 6.32. The molecule has 1 fully saturated rings. The molecule has 1 aromatic carbocycles. The average molecular weight is 284 g/mol. The van der Waals surface area contributed by atoms with Gasteiger partial charge in [-0.3, -0.25) is 9.69 Å². The Balaban J connectivity index is 1.92. The number of methoxy groups -OCH3 is 1. The smallest absolute Gasteiger partial charge is 0.303 e. The number of carbonyl (C=O) groups is 1. The van der Waals surface area contributed by atoms with Crippen LogP contribution < -0.4 is 4.74 Å². The van der Waals surface area contributed by atoms with E-state index in [2.05, 4.69) is 4.90 Å². The van der Waals surface area contributed by atoms with Crippen LogP contribution in [0.5, 0.6) is 5.75 Å². The van der Waals surface area contributed by atoms with Crippen LogP contribution in [0.25, 0.3) is 0 Å². The fourth-order valence-corrected chi connectivity index (χ4v) is 2.82. The lowest BCUT2D eigenvalue weighted by atomic mass is 10.1. The van der Waals surface area contributed by atoms with Gasteiger partial charge in [0.2, 0.25) is 0 Å². The predicted octanol–water partition coefficient (Wildman–Crippen LogP) is 2.65. The van der Waals surface area contributed by atoms with Gasteiger partial charge in [-0.05, 0) is 36.6 Å². The average Bonchev–Trinajstić information content (AvgIpc) is 2.76. The number of carboxylic acids is 1. The van der Waals surface area contributed by atoms with Crippen molar-refractivity contribution < 1.29 is 14.6 Å². The molecule has 1 aliphatic rings. The lowest BCUT2D eigenvalue weighted by molar-refractivity contribution is -0.138. The second-order valence-corrected chi connectivity index (χ2v) is 5.36. The van der Waals surface area contributed by atoms with E-state index in [0.29, 0.717) is 10.8 Å². The molecule has 0 aromatic heterocycles. The first kappa shape index (κ1) is 14.2. The first-order valence-corrected chi connectivity index (χ1v) is 6.73. The maximum absolute atomic E-state index is 10.7. The van der Waals surface area contributed by atoms with Crippen molar-refractivity contribution in [3.05, 3.63) is 28.8 Å². The molecule has 0 spiro atoms. The second-order valence-electron chi connectivity index (χ2n) is 4.96. The molecule has 1 heterocycles. The van der Waals surface area contributed by atoms with Gasteiger partial charge < -0.3 is 9.84 Å². The third kappa shape index (κ3) is 3.85. The van der Waals surface area contributed by atoms with Crippen molar-refractivity contribution in [3.63, 3.8) is 0 Å². The van der Waals surface area contributed by atoms with Crippen LogP contribution in [0.3, 0.4) is 0 Å². The lowest BCUT2D eigenvalue weighted by Gasteiger charge is -2.16. The van der Waals surface area contributed by atoms with Crippen molar-refractivity contribution >= 4 is 17.6 Å². The zero-order chi connectivity index (χ0) is 13.8. The quantitative estimate of drug-likeness (QED) is 0.902. The van der Waals surface area contributed by atoms with E-state index in [0.717, 1.165) is 31.6 Å². The zero-order valence-corrected chi connectivity index (χ0v) is 11.7. The lowest BCUT2D eigenvalue weighted by Crippen LogP contribution is -2.20. The minimum atomic E-state index is -0.709. The number of likely N-dealkylation sites (tertiary alicyclic amines) is 1. The molecular formula is C14H18ClNO3. The van der Waals surface area contributed by atoms with Crippen LogP contribution in [-0.4, -0.2) is 36.2 Å². The molecule has 0 radical (unpaired) electrons. The molecule has 1 atom stereocenters. The zero-order valence-electron chi connectivity index (χ0n) is 10.9. The molecule has 0 aliphatic carbocycles. The van der Waals surface area contributed by atoms with Gasteiger partial charge >= 0.3 is 5.97 Å². The number of nitrogens with zero attached hydrogens (tertiary/aromatic N) is 1. The van der Waals surface area contributed by atoms with Crippen molar-refractivity contribution in [1.29, 1.82) is 0 Å². The monoisotopic (exact) mass is 283 g/mol. The van der Waals surface area contributed by atoms with Crippen LogP contribution >= 0.6 is 11.6 Å². The molecule has 0 saturated carbocycles. The maximum atomic E-state index is 10.7. The van der Waals surface area contributed by atoms with Crippen molar-refractivity contribution in [2.75, 3.05) is 20.2 Å². The van der Waals surface area contributed by atoms with Gasteiger partial charge in [0.1, 0.15) is 5.75 Å². The number of aliphatic carboxylic acids is 1. The van der Waals surface area contributed by atoms with Crippen LogP contribution in [0, 0.1) is 5.92 Å². The standard InChI is InChI=1S/C14H18ClNO3/c1-19-13-3-2-10(6-12(13)15)8-16-5-4-11(9-16)7-14(17)18/h2-3,6,11H,4-5,7-9H2,1H3,(H,17,18). The largest absolute Gasteiger partial charge is 0.495 e. The number of hydrogen-bond donors (Lipinski definition) is 1. The van der Waals surface area contributed by atoms with Crippen molar-refractivity contribution in [2.45, 2.75) is 19.4 Å². The first-order chi connectivity index (χ1) is 9.08. The Labute approximate surface area is 117 Å². The van der Waals surface area contributed by atoms with Gasteiger partial charge in [-0.25, -0.2) is 0 Å². The molecule has 19 heavy (non-hydrogen) atoms. The number of rotatable bonds is 5. The molecule has 2 rings (SSSR count). The molecule has 0 bridgehead atoms. The van der Waals surface area contributed by atoms with E-state index in [4.69, 9.17) is 21.4 Å². The summed E-state index contributed by atoms with van der Waals surface area (Å²) in [7, 11) is 1.60. The van der Waals surface area contributed by atoms with Crippen LogP contribution in [0.2, 0.25) is 5.02 Å². The first-order valence-electron chi connectivity index (χ1n) is 6.35. The van der Waals surface area contributed by atoms with Crippen molar-refractivity contribution in [3.8, 4) is 5.75 Å². The fraction of sp³-hybridized carbons (Fsp3) is 0.500. The highest BCUT2D eigenvalue weighted by atomic mass is 35.5. The summed E-state index contributed by atoms with van der Waals surface area (Å²) in [4.78, 5) is 13.0. The Bertz CT molecular complexity index is 464. The summed E-state index contributed by atoms with van der Waals surface area (Å²) < 4.78 is 5.12. The molecular weight excluding hydrogens is 266 g/mol. The van der Waals surface area contributed by atoms with Crippen molar-refractivity contribution in [1.82, 2.24) is 4.90 Å². The minimum Gasteiger partial charge on any atom is -0.495 e. The summed E-state index contributed by atoms with van der Waals surface area (Å²) in [6, 6.07) is 5.77. The molecule has 1 unspecified atom stereocenters. The number of carboxylic acid groups (broad SMARTS) is 1. The Kier molecular flexibility index (Phi) is 4.66. The molecule has 1 N–H and O–H groups in total. The minimum absolute atomic E-state index is 0.264. The van der Waals surface area contributed by atoms with E-state index < -0.39 is 5.97 Å². The Hall–Kier alpha value is -1.26. The SMILES string of the molecule is COc1ccc(CN2CCC(CC(=O)O)C2)cc1Cl. The van der Waals surface area contributed by atoms with Crippen molar-refractivity contribution in [2.24, 2.45) is 5.92 Å². The fourth-order valence-electron chi connectivity index (χ4n) is 2.54. The molecule has 1 aliphatic heterocycles. The summed E-state index contributed by atoms with van der Waals surface area (Å²) in [5.41, 5.74) is 1.13. The van der Waals surface area contributed by atoms with Crippen LogP contribution in [0.4, 0.5) is 0 Å². The third-order valence-electron chi connectivity index (χ3n) is 3.46. The summed E-state index contributed by atoms with van der Waals surface area (Å²) >= 11 is 6.09. The van der Waals surface area contributed by atoms with Gasteiger partial charge in [-0.2, -0.15) is 0 Å². The Morgan fingerprint density at radius 1 is 1.58 bits per heavy atom. The predicted molar refractivity (Wildman–Crippen MR) is 73.6 cm³/mol. The van der Waals surface area contributed by atoms with Gasteiger partial charge in [-0.1, -0.05) is 17.7 Å². The third-order valence-corrected chi connectivity index (χ3v) is 3.75. The Morgan fingerprint density at radius 2 is 2.37 bits per heavy atom. The Morgan fingerprint density at radius 3 is 3.00 bits per heavy atom. The summed E-state index contributed by atoms with van der Waals surface area (Å²) in [6.07, 6.45) is 1.22. The van der Waals surface area contributed by atoms with E-state index in [-0.39, 0.29) is 12.3 Å². The topological polar surface area (TPSA) is 49.8 Å². The number of halogens is 1. The van der Waals surface area contributed by atoms with E-state index in [9.17, 15) is 4.79 Å². The molecule has 104 valence electrons.